The van der Waals surface area contributed by atoms with Gasteiger partial charge in [-0.05, 0) is 42.0 Å². The van der Waals surface area contributed by atoms with E-state index in [0.29, 0.717) is 17.2 Å². The summed E-state index contributed by atoms with van der Waals surface area (Å²) in [6.07, 6.45) is -0.784. The minimum absolute atomic E-state index is 0.585. The number of ether oxygens (including phenoxy) is 3. The number of hydrogen-bond acceptors (Lipinski definition) is 4. The van der Waals surface area contributed by atoms with E-state index in [1.165, 1.54) is 0 Å². The molecule has 23 heavy (non-hydrogen) atoms. The van der Waals surface area contributed by atoms with Crippen molar-refractivity contribution in [2.24, 2.45) is 0 Å². The van der Waals surface area contributed by atoms with Crippen LogP contribution in [0.15, 0.2) is 42.5 Å². The van der Waals surface area contributed by atoms with Crippen molar-refractivity contribution in [2.45, 2.75) is 6.10 Å². The third-order valence-electron chi connectivity index (χ3n) is 3.87. The van der Waals surface area contributed by atoms with Crippen LogP contribution in [0.1, 0.15) is 17.4 Å². The summed E-state index contributed by atoms with van der Waals surface area (Å²) < 4.78 is 15.7. The maximum Gasteiger partial charge on any atom is 0.161 e. The summed E-state index contributed by atoms with van der Waals surface area (Å²) in [4.78, 5) is 3.23. The van der Waals surface area contributed by atoms with Gasteiger partial charge in [-0.15, -0.1) is 0 Å². The molecule has 0 saturated heterocycles. The Morgan fingerprint density at radius 3 is 2.35 bits per heavy atom. The summed E-state index contributed by atoms with van der Waals surface area (Å²) in [5, 5.41) is 11.6. The van der Waals surface area contributed by atoms with Crippen LogP contribution in [-0.2, 0) is 0 Å². The Labute approximate surface area is 134 Å². The van der Waals surface area contributed by atoms with Crippen LogP contribution in [0.25, 0.3) is 10.9 Å². The molecule has 120 valence electrons. The summed E-state index contributed by atoms with van der Waals surface area (Å²) in [5.74, 6) is 2.00. The van der Waals surface area contributed by atoms with Crippen molar-refractivity contribution < 1.29 is 19.3 Å². The number of fused-ring (bicyclic) bond motifs is 1. The van der Waals surface area contributed by atoms with E-state index in [9.17, 15) is 5.11 Å². The first-order chi connectivity index (χ1) is 11.2. The number of aromatic amines is 1. The molecular formula is C18H19NO4. The number of benzene rings is 2. The topological polar surface area (TPSA) is 63.7 Å². The van der Waals surface area contributed by atoms with Crippen molar-refractivity contribution in [1.29, 1.82) is 0 Å². The van der Waals surface area contributed by atoms with Crippen LogP contribution in [0, 0.1) is 0 Å². The molecule has 5 heteroatoms. The monoisotopic (exact) mass is 313 g/mol. The second-order valence-corrected chi connectivity index (χ2v) is 5.19. The molecule has 1 aromatic heterocycles. The second kappa shape index (κ2) is 6.22. The Hall–Kier alpha value is -2.66. The fourth-order valence-electron chi connectivity index (χ4n) is 2.61. The molecule has 0 aliphatic heterocycles. The molecule has 2 N–H and O–H groups in total. The molecule has 5 nitrogen and oxygen atoms in total. The van der Waals surface area contributed by atoms with Gasteiger partial charge in [-0.2, -0.15) is 0 Å². The van der Waals surface area contributed by atoms with Crippen molar-refractivity contribution >= 4 is 10.9 Å². The zero-order valence-corrected chi connectivity index (χ0v) is 13.3. The molecule has 0 aliphatic carbocycles. The highest BCUT2D eigenvalue weighted by molar-refractivity contribution is 5.82. The van der Waals surface area contributed by atoms with Gasteiger partial charge in [0, 0.05) is 16.6 Å². The van der Waals surface area contributed by atoms with Gasteiger partial charge in [-0.1, -0.05) is 6.07 Å². The van der Waals surface area contributed by atoms with Crippen LogP contribution in [0.3, 0.4) is 0 Å². The van der Waals surface area contributed by atoms with Crippen LogP contribution in [0.2, 0.25) is 0 Å². The fourth-order valence-corrected chi connectivity index (χ4v) is 2.61. The normalized spacial score (nSPS) is 12.2. The highest BCUT2D eigenvalue weighted by Gasteiger charge is 2.16. The summed E-state index contributed by atoms with van der Waals surface area (Å²) in [7, 11) is 4.79. The van der Waals surface area contributed by atoms with Crippen molar-refractivity contribution in [3.8, 4) is 17.2 Å². The summed E-state index contributed by atoms with van der Waals surface area (Å²) >= 11 is 0. The first kappa shape index (κ1) is 15.2. The minimum Gasteiger partial charge on any atom is -0.497 e. The molecular weight excluding hydrogens is 294 g/mol. The molecule has 0 radical (unpaired) electrons. The molecule has 0 saturated carbocycles. The van der Waals surface area contributed by atoms with Crippen LogP contribution in [-0.4, -0.2) is 31.4 Å². The van der Waals surface area contributed by atoms with Gasteiger partial charge in [0.05, 0.1) is 21.3 Å². The quantitative estimate of drug-likeness (QED) is 0.759. The smallest absolute Gasteiger partial charge is 0.161 e. The summed E-state index contributed by atoms with van der Waals surface area (Å²) in [5.41, 5.74) is 2.38. The van der Waals surface area contributed by atoms with Gasteiger partial charge < -0.3 is 24.3 Å². The van der Waals surface area contributed by atoms with Gasteiger partial charge in [0.2, 0.25) is 0 Å². The fraction of sp³-hybridized carbons (Fsp3) is 0.222. The third-order valence-corrected chi connectivity index (χ3v) is 3.87. The highest BCUT2D eigenvalue weighted by atomic mass is 16.5. The maximum atomic E-state index is 10.6. The van der Waals surface area contributed by atoms with E-state index in [0.717, 1.165) is 22.2 Å². The Kier molecular flexibility index (Phi) is 4.12. The molecule has 0 bridgehead atoms. The molecule has 0 amide bonds. The minimum atomic E-state index is -0.784. The number of aliphatic hydroxyl groups excluding tert-OH is 1. The van der Waals surface area contributed by atoms with Crippen LogP contribution in [0.4, 0.5) is 0 Å². The van der Waals surface area contributed by atoms with Crippen molar-refractivity contribution in [3.05, 3.63) is 53.7 Å². The zero-order chi connectivity index (χ0) is 16.4. The number of methoxy groups -OCH3 is 3. The van der Waals surface area contributed by atoms with Crippen molar-refractivity contribution in [3.63, 3.8) is 0 Å². The SMILES string of the molecule is COc1ccc2[nH]c([C@@H](O)c3ccc(OC)c(OC)c3)cc2c1. The molecule has 0 aliphatic rings. The number of hydrogen-bond donors (Lipinski definition) is 2. The molecule has 0 unspecified atom stereocenters. The molecule has 3 aromatic rings. The molecule has 0 fully saturated rings. The predicted molar refractivity (Wildman–Crippen MR) is 88.5 cm³/mol. The Balaban J connectivity index is 1.97. The van der Waals surface area contributed by atoms with Gasteiger partial charge in [0.1, 0.15) is 11.9 Å². The zero-order valence-electron chi connectivity index (χ0n) is 13.3. The first-order valence-corrected chi connectivity index (χ1v) is 7.23. The maximum absolute atomic E-state index is 10.6. The average Bonchev–Trinajstić information content (AvgIpc) is 3.03. The van der Waals surface area contributed by atoms with Crippen molar-refractivity contribution in [1.82, 2.24) is 4.98 Å². The number of aliphatic hydroxyl groups is 1. The lowest BCUT2D eigenvalue weighted by molar-refractivity contribution is 0.215. The number of H-pyrrole nitrogens is 1. The average molecular weight is 313 g/mol. The second-order valence-electron chi connectivity index (χ2n) is 5.19. The molecule has 1 atom stereocenters. The largest absolute Gasteiger partial charge is 0.497 e. The lowest BCUT2D eigenvalue weighted by atomic mass is 10.1. The number of aromatic nitrogens is 1. The van der Waals surface area contributed by atoms with Crippen molar-refractivity contribution in [2.75, 3.05) is 21.3 Å². The standard InChI is InChI=1S/C18H19NO4/c1-21-13-5-6-14-12(8-13)9-15(19-14)18(20)11-4-7-16(22-2)17(10-11)23-3/h4-10,18-20H,1-3H3/t18-/m0/s1. The molecule has 1 heterocycles. The van der Waals surface area contributed by atoms with Crippen LogP contribution in [0.5, 0.6) is 17.2 Å². The third kappa shape index (κ3) is 2.83. The van der Waals surface area contributed by atoms with Gasteiger partial charge in [-0.3, -0.25) is 0 Å². The van der Waals surface area contributed by atoms with Gasteiger partial charge in [0.15, 0.2) is 11.5 Å². The molecule has 0 spiro atoms. The van der Waals surface area contributed by atoms with Crippen LogP contribution < -0.4 is 14.2 Å². The van der Waals surface area contributed by atoms with Gasteiger partial charge >= 0.3 is 0 Å². The Morgan fingerprint density at radius 1 is 0.870 bits per heavy atom. The summed E-state index contributed by atoms with van der Waals surface area (Å²) in [6.45, 7) is 0. The molecule has 3 rings (SSSR count). The van der Waals surface area contributed by atoms with E-state index in [-0.39, 0.29) is 0 Å². The lowest BCUT2D eigenvalue weighted by Gasteiger charge is -2.13. The predicted octanol–water partition coefficient (Wildman–Crippen LogP) is 3.28. The van der Waals surface area contributed by atoms with E-state index in [1.807, 2.05) is 30.3 Å². The number of rotatable bonds is 5. The lowest BCUT2D eigenvalue weighted by Crippen LogP contribution is -2.01. The van der Waals surface area contributed by atoms with Gasteiger partial charge in [-0.25, -0.2) is 0 Å². The highest BCUT2D eigenvalue weighted by Crippen LogP contribution is 2.33. The first-order valence-electron chi connectivity index (χ1n) is 7.23. The Bertz CT molecular complexity index is 825. The Morgan fingerprint density at radius 2 is 1.65 bits per heavy atom. The van der Waals surface area contributed by atoms with E-state index in [2.05, 4.69) is 4.98 Å². The molecule has 2 aromatic carbocycles. The number of nitrogens with one attached hydrogen (secondary N) is 1. The summed E-state index contributed by atoms with van der Waals surface area (Å²) in [6, 6.07) is 13.0. The van der Waals surface area contributed by atoms with E-state index >= 15 is 0 Å². The van der Waals surface area contributed by atoms with E-state index < -0.39 is 6.10 Å². The van der Waals surface area contributed by atoms with E-state index in [1.54, 1.807) is 33.5 Å². The van der Waals surface area contributed by atoms with Crippen LogP contribution >= 0.6 is 0 Å². The van der Waals surface area contributed by atoms with E-state index in [4.69, 9.17) is 14.2 Å². The van der Waals surface area contributed by atoms with Gasteiger partial charge in [0.25, 0.3) is 0 Å².